The fourth-order valence-electron chi connectivity index (χ4n) is 1.18. The highest BCUT2D eigenvalue weighted by Gasteiger charge is 2.37. The summed E-state index contributed by atoms with van der Waals surface area (Å²) in [5, 5.41) is 10.7. The second-order valence-electron chi connectivity index (χ2n) is 5.81. The quantitative estimate of drug-likeness (QED) is 0.770. The van der Waals surface area contributed by atoms with Gasteiger partial charge in [0.05, 0.1) is 13.2 Å². The number of hydrogen-bond acceptors (Lipinski definition) is 3. The molecule has 0 spiro atoms. The molecule has 16 heavy (non-hydrogen) atoms. The van der Waals surface area contributed by atoms with Crippen LogP contribution in [0.1, 0.15) is 20.8 Å². The molecule has 0 saturated heterocycles. The van der Waals surface area contributed by atoms with Gasteiger partial charge in [-0.15, -0.1) is 0 Å². The molecule has 92 valence electrons. The zero-order valence-electron chi connectivity index (χ0n) is 10.9. The molecule has 0 aromatic rings. The van der Waals surface area contributed by atoms with E-state index in [1.165, 1.54) is 5.06 Å². The largest absolute Gasteiger partial charge is 0.413 e. The SMILES string of the molecule is CC(C)(C)[Si](C)(C)OCC1=CC=CN(O)C1. The van der Waals surface area contributed by atoms with Gasteiger partial charge in [-0.05, 0) is 29.8 Å². The smallest absolute Gasteiger partial charge is 0.192 e. The van der Waals surface area contributed by atoms with Gasteiger partial charge in [-0.1, -0.05) is 26.8 Å². The summed E-state index contributed by atoms with van der Waals surface area (Å²) in [6.45, 7) is 12.3. The topological polar surface area (TPSA) is 32.7 Å². The number of allylic oxidation sites excluding steroid dienone is 2. The molecule has 0 fully saturated rings. The normalized spacial score (nSPS) is 17.6. The lowest BCUT2D eigenvalue weighted by molar-refractivity contribution is -0.0344. The van der Waals surface area contributed by atoms with Gasteiger partial charge in [-0.25, -0.2) is 0 Å². The van der Waals surface area contributed by atoms with Crippen molar-refractivity contribution in [2.24, 2.45) is 0 Å². The van der Waals surface area contributed by atoms with Gasteiger partial charge in [0, 0.05) is 6.20 Å². The summed E-state index contributed by atoms with van der Waals surface area (Å²) in [6.07, 6.45) is 5.50. The molecule has 0 saturated carbocycles. The van der Waals surface area contributed by atoms with E-state index in [4.69, 9.17) is 4.43 Å². The Morgan fingerprint density at radius 2 is 2.06 bits per heavy atom. The molecule has 1 N–H and O–H groups in total. The van der Waals surface area contributed by atoms with Gasteiger partial charge in [0.2, 0.25) is 0 Å². The summed E-state index contributed by atoms with van der Waals surface area (Å²) in [6, 6.07) is 0. The molecule has 0 amide bonds. The molecule has 0 radical (unpaired) electrons. The van der Waals surface area contributed by atoms with E-state index < -0.39 is 8.32 Å². The molecule has 0 bridgehead atoms. The van der Waals surface area contributed by atoms with Crippen LogP contribution in [0.5, 0.6) is 0 Å². The maximum Gasteiger partial charge on any atom is 0.192 e. The van der Waals surface area contributed by atoms with Gasteiger partial charge in [0.25, 0.3) is 0 Å². The molecule has 1 aliphatic rings. The molecule has 0 atom stereocenters. The van der Waals surface area contributed by atoms with Gasteiger partial charge in [0.15, 0.2) is 8.32 Å². The van der Waals surface area contributed by atoms with Crippen LogP contribution in [0.15, 0.2) is 23.9 Å². The first-order valence-electron chi connectivity index (χ1n) is 5.68. The van der Waals surface area contributed by atoms with Crippen LogP contribution in [0.2, 0.25) is 18.1 Å². The Morgan fingerprint density at radius 3 is 2.56 bits per heavy atom. The summed E-state index contributed by atoms with van der Waals surface area (Å²) in [4.78, 5) is 0. The maximum atomic E-state index is 9.33. The van der Waals surface area contributed by atoms with E-state index in [0.717, 1.165) is 5.57 Å². The van der Waals surface area contributed by atoms with Crippen molar-refractivity contribution in [3.8, 4) is 0 Å². The molecular formula is C12H23NO2Si. The van der Waals surface area contributed by atoms with Crippen LogP contribution in [0.4, 0.5) is 0 Å². The fraction of sp³-hybridized carbons (Fsp3) is 0.667. The second kappa shape index (κ2) is 4.73. The van der Waals surface area contributed by atoms with Gasteiger partial charge in [0.1, 0.15) is 0 Å². The molecule has 4 heteroatoms. The van der Waals surface area contributed by atoms with E-state index in [1.807, 2.05) is 12.2 Å². The molecule has 0 unspecified atom stereocenters. The number of hydroxylamine groups is 2. The Morgan fingerprint density at radius 1 is 1.44 bits per heavy atom. The zero-order chi connectivity index (χ0) is 12.4. The Bertz CT molecular complexity index is 303. The van der Waals surface area contributed by atoms with Gasteiger partial charge in [-0.2, -0.15) is 0 Å². The van der Waals surface area contributed by atoms with Crippen LogP contribution in [0.25, 0.3) is 0 Å². The third-order valence-electron chi connectivity index (χ3n) is 3.38. The standard InChI is InChI=1S/C12H23NO2Si/c1-12(2,3)16(4,5)15-10-11-7-6-8-13(14)9-11/h6-8,14H,9-10H2,1-5H3. The van der Waals surface area contributed by atoms with Crippen molar-refractivity contribution in [2.45, 2.75) is 38.9 Å². The first kappa shape index (κ1) is 13.5. The molecule has 0 aliphatic carbocycles. The van der Waals surface area contributed by atoms with Crippen molar-refractivity contribution in [1.82, 2.24) is 5.06 Å². The molecule has 1 heterocycles. The molecule has 3 nitrogen and oxygen atoms in total. The summed E-state index contributed by atoms with van der Waals surface area (Å²) in [7, 11) is -1.68. The molecule has 1 aliphatic heterocycles. The van der Waals surface area contributed by atoms with Gasteiger partial charge in [-0.3, -0.25) is 10.3 Å². The molecular weight excluding hydrogens is 218 g/mol. The second-order valence-corrected chi connectivity index (χ2v) is 10.6. The van der Waals surface area contributed by atoms with E-state index >= 15 is 0 Å². The fourth-order valence-corrected chi connectivity index (χ4v) is 2.15. The minimum Gasteiger partial charge on any atom is -0.413 e. The average molecular weight is 241 g/mol. The van der Waals surface area contributed by atoms with Crippen molar-refractivity contribution in [2.75, 3.05) is 13.2 Å². The van der Waals surface area contributed by atoms with Crippen molar-refractivity contribution in [3.05, 3.63) is 23.9 Å². The lowest BCUT2D eigenvalue weighted by Gasteiger charge is -2.36. The summed E-state index contributed by atoms with van der Waals surface area (Å²) >= 11 is 0. The molecule has 1 rings (SSSR count). The number of nitrogens with zero attached hydrogens (tertiary/aromatic N) is 1. The first-order chi connectivity index (χ1) is 7.22. The van der Waals surface area contributed by atoms with Crippen LogP contribution in [0, 0.1) is 0 Å². The van der Waals surface area contributed by atoms with Crippen molar-refractivity contribution >= 4 is 8.32 Å². The number of hydrogen-bond donors (Lipinski definition) is 1. The van der Waals surface area contributed by atoms with Crippen LogP contribution >= 0.6 is 0 Å². The predicted octanol–water partition coefficient (Wildman–Crippen LogP) is 3.15. The van der Waals surface area contributed by atoms with E-state index in [9.17, 15) is 5.21 Å². The third kappa shape index (κ3) is 3.47. The van der Waals surface area contributed by atoms with Crippen molar-refractivity contribution in [1.29, 1.82) is 0 Å². The van der Waals surface area contributed by atoms with E-state index in [0.29, 0.717) is 13.2 Å². The molecule has 0 aromatic heterocycles. The van der Waals surface area contributed by atoms with E-state index in [-0.39, 0.29) is 5.04 Å². The van der Waals surface area contributed by atoms with Crippen molar-refractivity contribution < 1.29 is 9.63 Å². The zero-order valence-corrected chi connectivity index (χ0v) is 11.9. The minimum atomic E-state index is -1.68. The van der Waals surface area contributed by atoms with Crippen molar-refractivity contribution in [3.63, 3.8) is 0 Å². The minimum absolute atomic E-state index is 0.233. The Balaban J connectivity index is 2.52. The van der Waals surface area contributed by atoms with Crippen LogP contribution in [-0.2, 0) is 4.43 Å². The van der Waals surface area contributed by atoms with Gasteiger partial charge < -0.3 is 4.43 Å². The summed E-state index contributed by atoms with van der Waals surface area (Å²) < 4.78 is 6.08. The van der Waals surface area contributed by atoms with E-state index in [1.54, 1.807) is 6.20 Å². The van der Waals surface area contributed by atoms with E-state index in [2.05, 4.69) is 33.9 Å². The average Bonchev–Trinajstić information content (AvgIpc) is 2.13. The Kier molecular flexibility index (Phi) is 3.99. The predicted molar refractivity (Wildman–Crippen MR) is 68.9 cm³/mol. The summed E-state index contributed by atoms with van der Waals surface area (Å²) in [5.41, 5.74) is 1.12. The van der Waals surface area contributed by atoms with Crippen LogP contribution in [-0.4, -0.2) is 31.7 Å². The highest BCUT2D eigenvalue weighted by Crippen LogP contribution is 2.36. The third-order valence-corrected chi connectivity index (χ3v) is 7.86. The highest BCUT2D eigenvalue weighted by molar-refractivity contribution is 6.74. The summed E-state index contributed by atoms with van der Waals surface area (Å²) in [5.74, 6) is 0. The first-order valence-corrected chi connectivity index (χ1v) is 8.59. The van der Waals surface area contributed by atoms with Gasteiger partial charge >= 0.3 is 0 Å². The Hall–Kier alpha value is -0.583. The molecule has 0 aromatic carbocycles. The highest BCUT2D eigenvalue weighted by atomic mass is 28.4. The monoisotopic (exact) mass is 241 g/mol. The van der Waals surface area contributed by atoms with Crippen LogP contribution < -0.4 is 0 Å². The number of rotatable bonds is 3. The van der Waals surface area contributed by atoms with Crippen LogP contribution in [0.3, 0.4) is 0 Å². The Labute approximate surface area is 99.5 Å². The lowest BCUT2D eigenvalue weighted by Crippen LogP contribution is -2.41. The lowest BCUT2D eigenvalue weighted by atomic mass is 10.2. The maximum absolute atomic E-state index is 9.33.